The highest BCUT2D eigenvalue weighted by atomic mass is 32.1. The van der Waals surface area contributed by atoms with Crippen molar-refractivity contribution in [2.45, 2.75) is 0 Å². The number of carbonyl (C=O) groups is 1. The molecule has 6 heteroatoms. The highest BCUT2D eigenvalue weighted by Crippen LogP contribution is 2.41. The van der Waals surface area contributed by atoms with Crippen molar-refractivity contribution in [3.8, 4) is 21.8 Å². The average molecular weight is 397 g/mol. The number of nitrogens with zero attached hydrogens (tertiary/aromatic N) is 2. The molecule has 3 aromatic carbocycles. The Hall–Kier alpha value is -3.77. The minimum Gasteiger partial charge on any atom is -0.478 e. The molecule has 3 N–H and O–H groups in total. The maximum absolute atomic E-state index is 12.4. The van der Waals surface area contributed by atoms with Gasteiger partial charge in [-0.1, -0.05) is 54.6 Å². The number of anilines is 1. The summed E-state index contributed by atoms with van der Waals surface area (Å²) in [4.78, 5) is 21.9. The largest absolute Gasteiger partial charge is 0.478 e. The van der Waals surface area contributed by atoms with Crippen molar-refractivity contribution in [3.05, 3.63) is 78.4 Å². The molecular weight excluding hydrogens is 382 g/mol. The van der Waals surface area contributed by atoms with E-state index in [1.807, 2.05) is 60.7 Å². The molecule has 2 heterocycles. The van der Waals surface area contributed by atoms with E-state index in [0.717, 1.165) is 10.3 Å². The molecule has 0 unspecified atom stereocenters. The number of pyridine rings is 1. The van der Waals surface area contributed by atoms with Crippen LogP contribution in [0.2, 0.25) is 0 Å². The highest BCUT2D eigenvalue weighted by Gasteiger charge is 2.25. The summed E-state index contributed by atoms with van der Waals surface area (Å²) in [6.07, 6.45) is 0. The minimum atomic E-state index is -1.01. The summed E-state index contributed by atoms with van der Waals surface area (Å²) in [6.45, 7) is 0. The Labute approximate surface area is 170 Å². The van der Waals surface area contributed by atoms with Gasteiger partial charge in [-0.3, -0.25) is 0 Å². The molecule has 0 fully saturated rings. The molecule has 5 rings (SSSR count). The number of nitrogens with two attached hydrogens (primary N) is 1. The SMILES string of the molecule is Nc1cccc2sc(-c3c(-c4ccccc4)nc4ccccc4c3C(=O)O)nc12. The summed E-state index contributed by atoms with van der Waals surface area (Å²) in [5, 5.41) is 11.3. The Morgan fingerprint density at radius 1 is 0.897 bits per heavy atom. The number of para-hydroxylation sites is 2. The van der Waals surface area contributed by atoms with Crippen molar-refractivity contribution in [2.24, 2.45) is 0 Å². The molecule has 5 aromatic rings. The van der Waals surface area contributed by atoms with Crippen LogP contribution in [0.15, 0.2) is 72.8 Å². The second kappa shape index (κ2) is 6.68. The number of carboxylic acid groups (broad SMARTS) is 1. The molecule has 0 spiro atoms. The zero-order chi connectivity index (χ0) is 20.0. The van der Waals surface area contributed by atoms with Gasteiger partial charge in [0.1, 0.15) is 10.5 Å². The van der Waals surface area contributed by atoms with Gasteiger partial charge in [-0.15, -0.1) is 11.3 Å². The predicted molar refractivity (Wildman–Crippen MR) is 117 cm³/mol. The standard InChI is InChI=1S/C23H15N3O2S/c24-15-10-6-12-17-21(15)26-22(29-17)19-18(23(27)28)14-9-4-5-11-16(14)25-20(19)13-7-2-1-3-8-13/h1-12H,24H2,(H,27,28). The van der Waals surface area contributed by atoms with Gasteiger partial charge in [0, 0.05) is 10.9 Å². The lowest BCUT2D eigenvalue weighted by atomic mass is 9.97. The van der Waals surface area contributed by atoms with Crippen LogP contribution in [0.1, 0.15) is 10.4 Å². The van der Waals surface area contributed by atoms with Crippen LogP contribution < -0.4 is 5.73 Å². The predicted octanol–water partition coefficient (Wildman–Crippen LogP) is 5.46. The molecule has 0 saturated carbocycles. The van der Waals surface area contributed by atoms with Crippen LogP contribution in [0.4, 0.5) is 5.69 Å². The van der Waals surface area contributed by atoms with Crippen molar-refractivity contribution < 1.29 is 9.90 Å². The summed E-state index contributed by atoms with van der Waals surface area (Å²) in [6, 6.07) is 22.5. The van der Waals surface area contributed by atoms with Crippen LogP contribution in [-0.4, -0.2) is 21.0 Å². The Balaban J connectivity index is 1.95. The zero-order valence-electron chi connectivity index (χ0n) is 15.2. The van der Waals surface area contributed by atoms with Crippen LogP contribution in [0, 0.1) is 0 Å². The molecule has 2 aromatic heterocycles. The monoisotopic (exact) mass is 397 g/mol. The number of thiazole rings is 1. The van der Waals surface area contributed by atoms with Gasteiger partial charge in [0.25, 0.3) is 0 Å². The molecule has 0 bridgehead atoms. The Kier molecular flexibility index (Phi) is 4.00. The molecule has 0 aliphatic carbocycles. The third-order valence-corrected chi connectivity index (χ3v) is 5.86. The van der Waals surface area contributed by atoms with Gasteiger partial charge in [0.2, 0.25) is 0 Å². The maximum Gasteiger partial charge on any atom is 0.337 e. The molecule has 140 valence electrons. The van der Waals surface area contributed by atoms with E-state index in [1.54, 1.807) is 12.1 Å². The van der Waals surface area contributed by atoms with E-state index in [-0.39, 0.29) is 5.56 Å². The van der Waals surface area contributed by atoms with Gasteiger partial charge in [-0.25, -0.2) is 14.8 Å². The van der Waals surface area contributed by atoms with Crippen LogP contribution in [0.3, 0.4) is 0 Å². The smallest absolute Gasteiger partial charge is 0.337 e. The van der Waals surface area contributed by atoms with Gasteiger partial charge in [-0.2, -0.15) is 0 Å². The van der Waals surface area contributed by atoms with E-state index in [1.165, 1.54) is 11.3 Å². The van der Waals surface area contributed by atoms with E-state index in [4.69, 9.17) is 15.7 Å². The first-order valence-corrected chi connectivity index (χ1v) is 9.82. The molecule has 0 aliphatic heterocycles. The Morgan fingerprint density at radius 3 is 2.41 bits per heavy atom. The number of hydrogen-bond donors (Lipinski definition) is 2. The lowest BCUT2D eigenvalue weighted by Gasteiger charge is -2.13. The van der Waals surface area contributed by atoms with Gasteiger partial charge in [-0.05, 0) is 18.2 Å². The molecular formula is C23H15N3O2S. The Bertz CT molecular complexity index is 1390. The topological polar surface area (TPSA) is 89.1 Å². The van der Waals surface area contributed by atoms with E-state index in [9.17, 15) is 9.90 Å². The van der Waals surface area contributed by atoms with Crippen molar-refractivity contribution >= 4 is 44.1 Å². The second-order valence-corrected chi connectivity index (χ2v) is 7.64. The fourth-order valence-corrected chi connectivity index (χ4v) is 4.58. The molecule has 0 saturated heterocycles. The molecule has 0 aliphatic rings. The number of fused-ring (bicyclic) bond motifs is 2. The third kappa shape index (κ3) is 2.81. The fraction of sp³-hybridized carbons (Fsp3) is 0. The van der Waals surface area contributed by atoms with Crippen molar-refractivity contribution in [3.63, 3.8) is 0 Å². The first-order valence-electron chi connectivity index (χ1n) is 9.00. The number of rotatable bonds is 3. The van der Waals surface area contributed by atoms with E-state index >= 15 is 0 Å². The number of carboxylic acids is 1. The molecule has 0 amide bonds. The van der Waals surface area contributed by atoms with Gasteiger partial charge < -0.3 is 10.8 Å². The third-order valence-electron chi connectivity index (χ3n) is 4.82. The summed E-state index contributed by atoms with van der Waals surface area (Å²) < 4.78 is 0.906. The zero-order valence-corrected chi connectivity index (χ0v) is 16.0. The first kappa shape index (κ1) is 17.3. The summed E-state index contributed by atoms with van der Waals surface area (Å²) in [5.74, 6) is -1.01. The number of hydrogen-bond acceptors (Lipinski definition) is 5. The van der Waals surface area contributed by atoms with Gasteiger partial charge in [0.05, 0.1) is 32.7 Å². The van der Waals surface area contributed by atoms with E-state index < -0.39 is 5.97 Å². The summed E-state index contributed by atoms with van der Waals surface area (Å²) in [5.41, 5.74) is 10.1. The van der Waals surface area contributed by atoms with E-state index in [2.05, 4.69) is 0 Å². The normalized spacial score (nSPS) is 11.2. The van der Waals surface area contributed by atoms with Crippen molar-refractivity contribution in [1.29, 1.82) is 0 Å². The summed E-state index contributed by atoms with van der Waals surface area (Å²) in [7, 11) is 0. The molecule has 0 atom stereocenters. The lowest BCUT2D eigenvalue weighted by molar-refractivity contribution is 0.0700. The number of nitrogen functional groups attached to an aromatic ring is 1. The van der Waals surface area contributed by atoms with Crippen LogP contribution in [0.25, 0.3) is 42.9 Å². The summed E-state index contributed by atoms with van der Waals surface area (Å²) >= 11 is 1.42. The van der Waals surface area contributed by atoms with Crippen LogP contribution in [0.5, 0.6) is 0 Å². The van der Waals surface area contributed by atoms with Crippen LogP contribution in [-0.2, 0) is 0 Å². The minimum absolute atomic E-state index is 0.201. The maximum atomic E-state index is 12.4. The molecule has 29 heavy (non-hydrogen) atoms. The Morgan fingerprint density at radius 2 is 1.66 bits per heavy atom. The van der Waals surface area contributed by atoms with Crippen LogP contribution >= 0.6 is 11.3 Å². The molecule has 5 nitrogen and oxygen atoms in total. The highest BCUT2D eigenvalue weighted by molar-refractivity contribution is 7.21. The van der Waals surface area contributed by atoms with Crippen molar-refractivity contribution in [1.82, 2.24) is 9.97 Å². The lowest BCUT2D eigenvalue weighted by Crippen LogP contribution is -2.05. The van der Waals surface area contributed by atoms with Gasteiger partial charge >= 0.3 is 5.97 Å². The fourth-order valence-electron chi connectivity index (χ4n) is 3.52. The number of benzene rings is 3. The average Bonchev–Trinajstić information content (AvgIpc) is 3.18. The number of aromatic carboxylic acids is 1. The second-order valence-electron chi connectivity index (χ2n) is 6.61. The van der Waals surface area contributed by atoms with Gasteiger partial charge in [0.15, 0.2) is 0 Å². The van der Waals surface area contributed by atoms with Crippen molar-refractivity contribution in [2.75, 3.05) is 5.73 Å². The number of aromatic nitrogens is 2. The van der Waals surface area contributed by atoms with E-state index in [0.29, 0.717) is 38.4 Å². The first-order chi connectivity index (χ1) is 14.1. The molecule has 0 radical (unpaired) electrons. The quantitative estimate of drug-likeness (QED) is 0.395.